The van der Waals surface area contributed by atoms with Crippen molar-refractivity contribution in [2.75, 3.05) is 0 Å². The molecule has 24 heavy (non-hydrogen) atoms. The number of unbranched alkanes of at least 4 members (excludes halogenated alkanes) is 2. The Bertz CT molecular complexity index is 573. The minimum absolute atomic E-state index is 0.0241. The third kappa shape index (κ3) is 4.32. The van der Waals surface area contributed by atoms with Crippen LogP contribution in [0.2, 0.25) is 0 Å². The quantitative estimate of drug-likeness (QED) is 0.505. The van der Waals surface area contributed by atoms with Crippen LogP contribution in [0.4, 0.5) is 0 Å². The van der Waals surface area contributed by atoms with E-state index in [4.69, 9.17) is 0 Å². The number of phenols is 2. The lowest BCUT2D eigenvalue weighted by Crippen LogP contribution is -2.36. The molecule has 2 rings (SSSR count). The number of aromatic hydroxyl groups is 2. The zero-order chi connectivity index (χ0) is 17.9. The summed E-state index contributed by atoms with van der Waals surface area (Å²) in [7, 11) is 0. The molecule has 1 aliphatic rings. The second-order valence-electron chi connectivity index (χ2n) is 7.84. The minimum atomic E-state index is -0.861. The lowest BCUT2D eigenvalue weighted by molar-refractivity contribution is 0.00421. The van der Waals surface area contributed by atoms with Crippen LogP contribution in [0.1, 0.15) is 76.8 Å². The molecular weight excluding hydrogens is 300 g/mol. The van der Waals surface area contributed by atoms with E-state index in [1.165, 1.54) is 5.57 Å². The first-order valence-electron chi connectivity index (χ1n) is 9.18. The summed E-state index contributed by atoms with van der Waals surface area (Å²) in [6.45, 7) is 7.85. The van der Waals surface area contributed by atoms with Gasteiger partial charge in [-0.05, 0) is 70.1 Å². The van der Waals surface area contributed by atoms with Gasteiger partial charge in [-0.2, -0.15) is 0 Å². The fraction of sp³-hybridized carbons (Fsp3) is 0.619. The molecule has 0 spiro atoms. The number of aryl methyl sites for hydroxylation is 1. The van der Waals surface area contributed by atoms with E-state index in [0.29, 0.717) is 5.56 Å². The van der Waals surface area contributed by atoms with Crippen LogP contribution in [-0.2, 0) is 6.42 Å². The Morgan fingerprint density at radius 3 is 2.29 bits per heavy atom. The van der Waals surface area contributed by atoms with Crippen molar-refractivity contribution in [2.24, 2.45) is 5.92 Å². The van der Waals surface area contributed by atoms with Crippen molar-refractivity contribution in [1.29, 1.82) is 0 Å². The predicted molar refractivity (Wildman–Crippen MR) is 98.5 cm³/mol. The largest absolute Gasteiger partial charge is 0.507 e. The van der Waals surface area contributed by atoms with Crippen LogP contribution in [-0.4, -0.2) is 20.9 Å². The third-order valence-corrected chi connectivity index (χ3v) is 5.25. The smallest absolute Gasteiger partial charge is 0.123 e. The van der Waals surface area contributed by atoms with Gasteiger partial charge in [0.1, 0.15) is 11.5 Å². The number of rotatable bonds is 6. The third-order valence-electron chi connectivity index (χ3n) is 5.25. The fourth-order valence-electron chi connectivity index (χ4n) is 3.89. The van der Waals surface area contributed by atoms with Gasteiger partial charge in [0.15, 0.2) is 0 Å². The molecule has 0 heterocycles. The Morgan fingerprint density at radius 2 is 1.75 bits per heavy atom. The summed E-state index contributed by atoms with van der Waals surface area (Å²) in [6, 6.07) is 3.56. The predicted octanol–water partition coefficient (Wildman–Crippen LogP) is 5.04. The summed E-state index contributed by atoms with van der Waals surface area (Å²) in [6.07, 6.45) is 8.12. The Hall–Kier alpha value is -1.48. The molecule has 2 atom stereocenters. The SMILES string of the molecule is CCCCCc1cc(O)c([C@@H]2C=C(C)CC[C@@H]2C(C)(C)O)c(O)c1. The Balaban J connectivity index is 2.36. The number of hydrogen-bond donors (Lipinski definition) is 3. The average molecular weight is 332 g/mol. The van der Waals surface area contributed by atoms with Crippen molar-refractivity contribution in [3.05, 3.63) is 34.9 Å². The summed E-state index contributed by atoms with van der Waals surface area (Å²) < 4.78 is 0. The van der Waals surface area contributed by atoms with Gasteiger partial charge in [0, 0.05) is 11.5 Å². The van der Waals surface area contributed by atoms with E-state index >= 15 is 0 Å². The maximum atomic E-state index is 10.6. The monoisotopic (exact) mass is 332 g/mol. The zero-order valence-corrected chi connectivity index (χ0v) is 15.5. The van der Waals surface area contributed by atoms with Crippen molar-refractivity contribution >= 4 is 0 Å². The molecule has 0 aromatic heterocycles. The highest BCUT2D eigenvalue weighted by atomic mass is 16.3. The topological polar surface area (TPSA) is 60.7 Å². The van der Waals surface area contributed by atoms with Gasteiger partial charge >= 0.3 is 0 Å². The molecule has 3 heteroatoms. The van der Waals surface area contributed by atoms with Crippen LogP contribution < -0.4 is 0 Å². The minimum Gasteiger partial charge on any atom is -0.507 e. The molecule has 1 aliphatic carbocycles. The van der Waals surface area contributed by atoms with Crippen molar-refractivity contribution in [2.45, 2.75) is 77.7 Å². The number of benzene rings is 1. The summed E-state index contributed by atoms with van der Waals surface area (Å²) in [5.41, 5.74) is 1.91. The molecule has 0 unspecified atom stereocenters. The summed E-state index contributed by atoms with van der Waals surface area (Å²) in [4.78, 5) is 0. The van der Waals surface area contributed by atoms with Crippen LogP contribution in [0.25, 0.3) is 0 Å². The molecule has 0 saturated carbocycles. The zero-order valence-electron chi connectivity index (χ0n) is 15.5. The van der Waals surface area contributed by atoms with Gasteiger partial charge in [-0.3, -0.25) is 0 Å². The highest BCUT2D eigenvalue weighted by molar-refractivity contribution is 5.51. The molecular formula is C21H32O3. The molecule has 0 saturated heterocycles. The molecule has 3 nitrogen and oxygen atoms in total. The van der Waals surface area contributed by atoms with Crippen LogP contribution >= 0.6 is 0 Å². The van der Waals surface area contributed by atoms with Crippen LogP contribution in [0.5, 0.6) is 11.5 Å². The van der Waals surface area contributed by atoms with Gasteiger partial charge in [-0.1, -0.05) is 31.4 Å². The molecule has 0 amide bonds. The molecule has 0 fully saturated rings. The van der Waals surface area contributed by atoms with Gasteiger partial charge in [-0.15, -0.1) is 0 Å². The van der Waals surface area contributed by atoms with Crippen molar-refractivity contribution in [1.82, 2.24) is 0 Å². The van der Waals surface area contributed by atoms with E-state index in [1.807, 2.05) is 13.8 Å². The molecule has 0 aliphatic heterocycles. The summed E-state index contributed by atoms with van der Waals surface area (Å²) >= 11 is 0. The van der Waals surface area contributed by atoms with E-state index in [9.17, 15) is 15.3 Å². The molecule has 134 valence electrons. The second kappa shape index (κ2) is 7.60. The van der Waals surface area contributed by atoms with Crippen molar-refractivity contribution in [3.63, 3.8) is 0 Å². The Morgan fingerprint density at radius 1 is 1.12 bits per heavy atom. The highest BCUT2D eigenvalue weighted by Crippen LogP contribution is 2.47. The van der Waals surface area contributed by atoms with Crippen molar-refractivity contribution in [3.8, 4) is 11.5 Å². The van der Waals surface area contributed by atoms with E-state index in [2.05, 4.69) is 19.9 Å². The van der Waals surface area contributed by atoms with Gasteiger partial charge in [0.25, 0.3) is 0 Å². The highest BCUT2D eigenvalue weighted by Gasteiger charge is 2.38. The average Bonchev–Trinajstić information content (AvgIpc) is 2.45. The van der Waals surface area contributed by atoms with Crippen LogP contribution in [0.3, 0.4) is 0 Å². The van der Waals surface area contributed by atoms with E-state index in [0.717, 1.165) is 44.1 Å². The van der Waals surface area contributed by atoms with Gasteiger partial charge in [-0.25, -0.2) is 0 Å². The summed E-state index contributed by atoms with van der Waals surface area (Å²) in [5, 5.41) is 31.7. The maximum absolute atomic E-state index is 10.6. The van der Waals surface area contributed by atoms with Gasteiger partial charge < -0.3 is 15.3 Å². The summed E-state index contributed by atoms with van der Waals surface area (Å²) in [5.74, 6) is 0.103. The standard InChI is InChI=1S/C21H32O3/c1-5-6-7-8-15-12-18(22)20(19(23)13-15)16-11-14(2)9-10-17(16)21(3,4)24/h11-13,16-17,22-24H,5-10H2,1-4H3/t16-,17+/m1/s1. The van der Waals surface area contributed by atoms with Gasteiger partial charge in [0.05, 0.1) is 5.60 Å². The van der Waals surface area contributed by atoms with E-state index < -0.39 is 5.60 Å². The normalized spacial score (nSPS) is 21.6. The molecule has 1 aromatic carbocycles. The molecule has 0 bridgehead atoms. The fourth-order valence-corrected chi connectivity index (χ4v) is 3.89. The number of hydrogen-bond acceptors (Lipinski definition) is 3. The number of allylic oxidation sites excluding steroid dienone is 2. The lowest BCUT2D eigenvalue weighted by atomic mass is 9.69. The van der Waals surface area contributed by atoms with Crippen LogP contribution in [0, 0.1) is 5.92 Å². The second-order valence-corrected chi connectivity index (χ2v) is 7.84. The van der Waals surface area contributed by atoms with Crippen LogP contribution in [0.15, 0.2) is 23.8 Å². The molecule has 0 radical (unpaired) electrons. The Kier molecular flexibility index (Phi) is 5.97. The first-order valence-corrected chi connectivity index (χ1v) is 9.18. The number of phenolic OH excluding ortho intramolecular Hbond substituents is 2. The first-order chi connectivity index (χ1) is 11.2. The van der Waals surface area contributed by atoms with E-state index in [-0.39, 0.29) is 23.3 Å². The number of aliphatic hydroxyl groups is 1. The molecule has 3 N–H and O–H groups in total. The molecule has 1 aromatic rings. The maximum Gasteiger partial charge on any atom is 0.123 e. The lowest BCUT2D eigenvalue weighted by Gasteiger charge is -2.38. The van der Waals surface area contributed by atoms with Gasteiger partial charge in [0.2, 0.25) is 0 Å². The first kappa shape index (κ1) is 18.9. The van der Waals surface area contributed by atoms with E-state index in [1.54, 1.807) is 12.1 Å². The van der Waals surface area contributed by atoms with Crippen molar-refractivity contribution < 1.29 is 15.3 Å². The Labute approximate surface area is 146 Å².